The Kier molecular flexibility index (Phi) is 34.2. The lowest BCUT2D eigenvalue weighted by Gasteiger charge is -2.27. The van der Waals surface area contributed by atoms with Gasteiger partial charge in [0, 0.05) is 3.42 Å². The van der Waals surface area contributed by atoms with Gasteiger partial charge < -0.3 is 15.6 Å². The van der Waals surface area contributed by atoms with Gasteiger partial charge in [-0.2, -0.15) is 0 Å². The van der Waals surface area contributed by atoms with Crippen molar-refractivity contribution >= 4 is 41.0 Å². The van der Waals surface area contributed by atoms with Crippen molar-refractivity contribution in [3.05, 3.63) is 58.9 Å². The molecule has 0 fully saturated rings. The molecule has 0 aromatic heterocycles. The molecule has 0 saturated heterocycles. The van der Waals surface area contributed by atoms with Crippen LogP contribution in [0.4, 0.5) is 0 Å². The Morgan fingerprint density at radius 1 is 1.10 bits per heavy atom. The molecule has 1 aliphatic rings. The Bertz CT molecular complexity index is 765. The molecule has 0 heterocycles. The summed E-state index contributed by atoms with van der Waals surface area (Å²) in [6.45, 7) is 36.7. The normalized spacial score (nSPS) is 12.7. The maximum absolute atomic E-state index is 8.81. The van der Waals surface area contributed by atoms with Crippen LogP contribution in [0.3, 0.4) is 0 Å². The minimum Gasteiger partial charge on any atom is -0.516 e. The number of aliphatic hydroxyl groups excluding tert-OH is 1. The number of aldehydes is 1. The highest BCUT2D eigenvalue weighted by atomic mass is 127. The Labute approximate surface area is 259 Å². The summed E-state index contributed by atoms with van der Waals surface area (Å²) in [5.74, 6) is 0.673. The number of hydrogen-bond donors (Lipinski definition) is 2. The molecule has 1 unspecified atom stereocenters. The van der Waals surface area contributed by atoms with E-state index < -0.39 is 0 Å². The smallest absolute Gasteiger partial charge is 0.116 e. The molecule has 1 aromatic rings. The van der Waals surface area contributed by atoms with E-state index in [9.17, 15) is 0 Å². The third-order valence-corrected chi connectivity index (χ3v) is 5.56. The van der Waals surface area contributed by atoms with Crippen LogP contribution in [0, 0.1) is 12.3 Å². The van der Waals surface area contributed by atoms with Crippen molar-refractivity contribution in [1.82, 2.24) is 0 Å². The van der Waals surface area contributed by atoms with Crippen LogP contribution in [-0.4, -0.2) is 21.9 Å². The molecule has 1 aliphatic carbocycles. The number of aliphatic hydroxyl groups is 1. The van der Waals surface area contributed by atoms with Gasteiger partial charge in [0.25, 0.3) is 0 Å². The molecule has 39 heavy (non-hydrogen) atoms. The molecule has 3 nitrogen and oxygen atoms in total. The number of aryl methyl sites for hydroxylation is 2. The van der Waals surface area contributed by atoms with Gasteiger partial charge in [0.2, 0.25) is 0 Å². The first-order valence-electron chi connectivity index (χ1n) is 14.3. The molecule has 0 amide bonds. The molecular weight excluding hydrogens is 593 g/mol. The lowest BCUT2D eigenvalue weighted by atomic mass is 9.78. The number of allylic oxidation sites excluding steroid dienone is 1. The first-order chi connectivity index (χ1) is 17.9. The maximum Gasteiger partial charge on any atom is 0.116 e. The fraction of sp³-hybridized carbons (Fsp3) is 0.629. The van der Waals surface area contributed by atoms with E-state index in [0.717, 1.165) is 12.5 Å². The van der Waals surface area contributed by atoms with Gasteiger partial charge in [0.05, 0.1) is 6.26 Å². The molecule has 4 heteroatoms. The zero-order valence-electron chi connectivity index (χ0n) is 28.5. The van der Waals surface area contributed by atoms with Gasteiger partial charge in [-0.05, 0) is 99.6 Å². The van der Waals surface area contributed by atoms with Crippen LogP contribution in [0.5, 0.6) is 0 Å². The van der Waals surface area contributed by atoms with Crippen molar-refractivity contribution in [1.29, 1.82) is 0 Å². The summed E-state index contributed by atoms with van der Waals surface area (Å²) in [6.07, 6.45) is 11.0. The summed E-state index contributed by atoms with van der Waals surface area (Å²) in [5.41, 5.74) is 13.6. The van der Waals surface area contributed by atoms with Crippen LogP contribution >= 0.6 is 22.6 Å². The first kappa shape index (κ1) is 47.4. The van der Waals surface area contributed by atoms with Crippen LogP contribution in [0.2, 0.25) is 0 Å². The number of hydrogen-bond acceptors (Lipinski definition) is 3. The van der Waals surface area contributed by atoms with Crippen LogP contribution in [0.1, 0.15) is 143 Å². The predicted octanol–water partition coefficient (Wildman–Crippen LogP) is 11.7. The van der Waals surface area contributed by atoms with Crippen LogP contribution in [-0.2, 0) is 11.2 Å². The van der Waals surface area contributed by atoms with Gasteiger partial charge in [-0.1, -0.05) is 129 Å². The zero-order valence-corrected chi connectivity index (χ0v) is 30.7. The summed E-state index contributed by atoms with van der Waals surface area (Å²) >= 11 is 2.44. The molecule has 1 aromatic carbocycles. The van der Waals surface area contributed by atoms with E-state index in [2.05, 4.69) is 136 Å². The Hall–Kier alpha value is -1.40. The second kappa shape index (κ2) is 28.1. The van der Waals surface area contributed by atoms with Crippen LogP contribution in [0.15, 0.2) is 31.1 Å². The van der Waals surface area contributed by atoms with Crippen LogP contribution < -0.4 is 5.73 Å². The van der Waals surface area contributed by atoms with Gasteiger partial charge in [0.1, 0.15) is 6.29 Å². The Balaban J connectivity index is -0.000000152. The third-order valence-electron chi connectivity index (χ3n) is 4.80. The van der Waals surface area contributed by atoms with Crippen LogP contribution in [0.25, 0.3) is 12.2 Å². The molecule has 2 rings (SSSR count). The summed E-state index contributed by atoms with van der Waals surface area (Å²) in [7, 11) is 1.50. The molecular formula is C35H66INO2. The second-order valence-electron chi connectivity index (χ2n) is 11.3. The fourth-order valence-electron chi connectivity index (χ4n) is 3.18. The summed E-state index contributed by atoms with van der Waals surface area (Å²) < 4.78 is 0.512. The Morgan fingerprint density at radius 3 is 1.74 bits per heavy atom. The van der Waals surface area contributed by atoms with Crippen molar-refractivity contribution in [3.63, 3.8) is 0 Å². The molecule has 3 N–H and O–H groups in total. The van der Waals surface area contributed by atoms with E-state index in [1.807, 2.05) is 13.8 Å². The van der Waals surface area contributed by atoms with E-state index in [4.69, 9.17) is 9.90 Å². The molecule has 230 valence electrons. The molecule has 0 bridgehead atoms. The van der Waals surface area contributed by atoms with E-state index in [-0.39, 0.29) is 0 Å². The van der Waals surface area contributed by atoms with E-state index in [1.54, 1.807) is 11.1 Å². The highest BCUT2D eigenvalue weighted by Crippen LogP contribution is 2.38. The number of fused-ring (bicyclic) bond motifs is 1. The molecule has 0 spiro atoms. The lowest BCUT2D eigenvalue weighted by Crippen LogP contribution is -2.11. The number of benzene rings is 1. The van der Waals surface area contributed by atoms with E-state index in [1.165, 1.54) is 61.9 Å². The monoisotopic (exact) mass is 659 g/mol. The Morgan fingerprint density at radius 2 is 1.46 bits per heavy atom. The minimum absolute atomic E-state index is 0.500. The topological polar surface area (TPSA) is 63.3 Å². The summed E-state index contributed by atoms with van der Waals surface area (Å²) in [5, 5.41) is 7.33. The number of carbonyl (C=O) groups is 1. The maximum atomic E-state index is 8.81. The number of rotatable bonds is 3. The number of carbonyl (C=O) groups excluding carboxylic acids is 1. The average Bonchev–Trinajstić information content (AvgIpc) is 2.82. The summed E-state index contributed by atoms with van der Waals surface area (Å²) in [4.78, 5) is 8.81. The van der Waals surface area contributed by atoms with Crippen molar-refractivity contribution in [3.8, 4) is 0 Å². The van der Waals surface area contributed by atoms with Crippen molar-refractivity contribution in [2.24, 2.45) is 11.1 Å². The SMILES string of the molecule is C=CO.C=Cc1c(C=C(C)C)c(C)cc2c1C(C)CCC2.CC.CC(C)(C)C.CC=O.CCC(C)(C)I.CN. The van der Waals surface area contributed by atoms with Crippen molar-refractivity contribution < 1.29 is 9.90 Å². The lowest BCUT2D eigenvalue weighted by molar-refractivity contribution is -0.106. The summed E-state index contributed by atoms with van der Waals surface area (Å²) in [6, 6.07) is 2.40. The quantitative estimate of drug-likeness (QED) is 0.147. The van der Waals surface area contributed by atoms with Gasteiger partial charge in [0.15, 0.2) is 0 Å². The fourth-order valence-corrected chi connectivity index (χ4v) is 3.18. The van der Waals surface area contributed by atoms with Crippen molar-refractivity contribution in [2.75, 3.05) is 7.05 Å². The van der Waals surface area contributed by atoms with Gasteiger partial charge in [-0.25, -0.2) is 0 Å². The highest BCUT2D eigenvalue weighted by molar-refractivity contribution is 14.1. The molecule has 0 saturated carbocycles. The number of halogens is 1. The predicted molar refractivity (Wildman–Crippen MR) is 191 cm³/mol. The van der Waals surface area contributed by atoms with Gasteiger partial charge in [-0.15, -0.1) is 0 Å². The third kappa shape index (κ3) is 31.0. The zero-order chi connectivity index (χ0) is 32.4. The molecule has 1 atom stereocenters. The van der Waals surface area contributed by atoms with E-state index >= 15 is 0 Å². The molecule has 0 aliphatic heterocycles. The van der Waals surface area contributed by atoms with Crippen molar-refractivity contribution in [2.45, 2.75) is 132 Å². The van der Waals surface area contributed by atoms with Gasteiger partial charge in [-0.3, -0.25) is 0 Å². The highest BCUT2D eigenvalue weighted by Gasteiger charge is 2.21. The number of nitrogens with two attached hydrogens (primary N) is 1. The standard InChI is InChI=1S/C18H24.C5H11I.C5H12.2C2H4O.C2H6.CH5N/c1-6-16-17(10-12(2)3)14(5)11-15-9-7-8-13(4)18(15)16;1-4-5(2,3)6;1-5(2,3)4;2*1-2-3;2*1-2/h6,10-11,13H,1,7-9H2,2-5H3;4H2,1-3H3;1-4H3;2H,1H3;2-3H,1H2;1-2H3;2H2,1H3. The first-order valence-corrected chi connectivity index (χ1v) is 15.4. The molecule has 0 radical (unpaired) electrons. The average molecular weight is 660 g/mol. The number of alkyl halides is 1. The minimum atomic E-state index is 0.500. The van der Waals surface area contributed by atoms with Gasteiger partial charge >= 0.3 is 0 Å². The largest absolute Gasteiger partial charge is 0.516 e. The van der Waals surface area contributed by atoms with E-state index in [0.29, 0.717) is 14.8 Å². The second-order valence-corrected chi connectivity index (χ2v) is 14.2.